The standard InChI is InChI=1S/C16H16ClN3O5S/c1-8(21)12-15(18-20(2)16(12)22)9-4-5-11(26(3,23)24)13(14(9)17)10-6-7-25-19-10/h4-5,22H,6-7H2,1-3H3. The maximum Gasteiger partial charge on any atom is 0.220 e. The number of aromatic nitrogens is 2. The molecule has 0 fully saturated rings. The van der Waals surface area contributed by atoms with Crippen molar-refractivity contribution < 1.29 is 23.2 Å². The van der Waals surface area contributed by atoms with E-state index in [4.69, 9.17) is 16.4 Å². The second-order valence-corrected chi connectivity index (χ2v) is 8.28. The smallest absolute Gasteiger partial charge is 0.220 e. The topological polar surface area (TPSA) is 111 Å². The van der Waals surface area contributed by atoms with E-state index >= 15 is 0 Å². The summed E-state index contributed by atoms with van der Waals surface area (Å²) in [5.41, 5.74) is 1.13. The van der Waals surface area contributed by atoms with Crippen molar-refractivity contribution in [3.63, 3.8) is 0 Å². The van der Waals surface area contributed by atoms with Crippen molar-refractivity contribution >= 4 is 32.9 Å². The van der Waals surface area contributed by atoms with Crippen molar-refractivity contribution in [2.45, 2.75) is 18.2 Å². The van der Waals surface area contributed by atoms with E-state index in [9.17, 15) is 18.3 Å². The van der Waals surface area contributed by atoms with Gasteiger partial charge in [-0.25, -0.2) is 13.1 Å². The molecule has 0 saturated heterocycles. The van der Waals surface area contributed by atoms with Gasteiger partial charge in [-0.2, -0.15) is 5.10 Å². The summed E-state index contributed by atoms with van der Waals surface area (Å²) < 4.78 is 25.5. The fourth-order valence-corrected chi connectivity index (χ4v) is 4.15. The van der Waals surface area contributed by atoms with Crippen molar-refractivity contribution in [3.8, 4) is 17.1 Å². The van der Waals surface area contributed by atoms with Crippen LogP contribution in [0.25, 0.3) is 11.3 Å². The third-order valence-electron chi connectivity index (χ3n) is 4.02. The molecule has 1 N–H and O–H groups in total. The number of hydrogen-bond donors (Lipinski definition) is 1. The Balaban J connectivity index is 2.35. The molecule has 2 aromatic rings. The number of nitrogens with zero attached hydrogens (tertiary/aromatic N) is 3. The molecule has 138 valence electrons. The molecule has 0 radical (unpaired) electrons. The number of sulfone groups is 1. The van der Waals surface area contributed by atoms with Crippen LogP contribution in [-0.2, 0) is 21.7 Å². The maximum absolute atomic E-state index is 12.2. The first-order chi connectivity index (χ1) is 12.1. The van der Waals surface area contributed by atoms with Gasteiger partial charge in [-0.15, -0.1) is 0 Å². The van der Waals surface area contributed by atoms with Crippen LogP contribution in [0.5, 0.6) is 5.88 Å². The number of ketones is 1. The summed E-state index contributed by atoms with van der Waals surface area (Å²) in [6.45, 7) is 1.62. The number of carbonyl (C=O) groups excluding carboxylic acids is 1. The molecule has 0 spiro atoms. The van der Waals surface area contributed by atoms with Crippen molar-refractivity contribution in [2.75, 3.05) is 12.9 Å². The number of benzene rings is 1. The van der Waals surface area contributed by atoms with Crippen LogP contribution in [0.2, 0.25) is 5.02 Å². The number of rotatable bonds is 4. The summed E-state index contributed by atoms with van der Waals surface area (Å²) in [6, 6.07) is 2.86. The average molecular weight is 398 g/mol. The molecule has 0 aliphatic carbocycles. The van der Waals surface area contributed by atoms with E-state index in [0.717, 1.165) is 10.9 Å². The van der Waals surface area contributed by atoms with Gasteiger partial charge in [0.05, 0.1) is 15.6 Å². The number of halogens is 1. The lowest BCUT2D eigenvalue weighted by Crippen LogP contribution is -2.10. The summed E-state index contributed by atoms with van der Waals surface area (Å²) in [6.07, 6.45) is 1.48. The molecule has 1 aliphatic heterocycles. The minimum Gasteiger partial charge on any atom is -0.493 e. The number of aryl methyl sites for hydroxylation is 1. The second kappa shape index (κ2) is 6.40. The third-order valence-corrected chi connectivity index (χ3v) is 5.55. The fourth-order valence-electron chi connectivity index (χ4n) is 2.83. The first-order valence-electron chi connectivity index (χ1n) is 7.62. The summed E-state index contributed by atoms with van der Waals surface area (Å²) in [5.74, 6) is -0.684. The van der Waals surface area contributed by atoms with Gasteiger partial charge in [-0.05, 0) is 19.1 Å². The largest absolute Gasteiger partial charge is 0.493 e. The summed E-state index contributed by atoms with van der Waals surface area (Å²) >= 11 is 6.53. The summed E-state index contributed by atoms with van der Waals surface area (Å²) in [5, 5.41) is 18.2. The van der Waals surface area contributed by atoms with Crippen molar-refractivity contribution in [1.29, 1.82) is 0 Å². The van der Waals surface area contributed by atoms with Gasteiger partial charge in [0.1, 0.15) is 17.9 Å². The highest BCUT2D eigenvalue weighted by Crippen LogP contribution is 2.39. The van der Waals surface area contributed by atoms with Gasteiger partial charge in [0, 0.05) is 30.9 Å². The Kier molecular flexibility index (Phi) is 4.53. The predicted octanol–water partition coefficient (Wildman–Crippen LogP) is 2.18. The number of oxime groups is 1. The quantitative estimate of drug-likeness (QED) is 0.791. The fraction of sp³-hybridized carbons (Fsp3) is 0.312. The SMILES string of the molecule is CC(=O)c1c(-c2ccc(S(C)(=O)=O)c(C3=NOCC3)c2Cl)nn(C)c1O. The lowest BCUT2D eigenvalue weighted by Gasteiger charge is -2.13. The van der Waals surface area contributed by atoms with Crippen LogP contribution in [0, 0.1) is 0 Å². The summed E-state index contributed by atoms with van der Waals surface area (Å²) in [7, 11) is -2.10. The zero-order chi connectivity index (χ0) is 19.2. The van der Waals surface area contributed by atoms with E-state index < -0.39 is 15.6 Å². The van der Waals surface area contributed by atoms with Gasteiger partial charge in [-0.1, -0.05) is 16.8 Å². The van der Waals surface area contributed by atoms with E-state index in [1.165, 1.54) is 26.1 Å². The molecule has 10 heteroatoms. The highest BCUT2D eigenvalue weighted by molar-refractivity contribution is 7.90. The molecule has 0 amide bonds. The molecule has 0 unspecified atom stereocenters. The zero-order valence-corrected chi connectivity index (χ0v) is 15.8. The molecule has 1 aromatic carbocycles. The zero-order valence-electron chi connectivity index (χ0n) is 14.3. The number of carbonyl (C=O) groups is 1. The van der Waals surface area contributed by atoms with E-state index in [1.807, 2.05) is 0 Å². The Bertz CT molecular complexity index is 1060. The highest BCUT2D eigenvalue weighted by atomic mass is 35.5. The van der Waals surface area contributed by atoms with Crippen LogP contribution in [0.1, 0.15) is 29.3 Å². The maximum atomic E-state index is 12.2. The Morgan fingerprint density at radius 1 is 1.38 bits per heavy atom. The van der Waals surface area contributed by atoms with Gasteiger partial charge >= 0.3 is 0 Å². The normalized spacial score (nSPS) is 14.2. The molecule has 8 nitrogen and oxygen atoms in total. The molecule has 0 atom stereocenters. The van der Waals surface area contributed by atoms with Gasteiger partial charge in [0.25, 0.3) is 0 Å². The van der Waals surface area contributed by atoms with Gasteiger partial charge in [0.15, 0.2) is 15.6 Å². The van der Waals surface area contributed by atoms with Crippen LogP contribution in [0.15, 0.2) is 22.2 Å². The first-order valence-corrected chi connectivity index (χ1v) is 9.89. The average Bonchev–Trinajstić information content (AvgIpc) is 3.15. The monoisotopic (exact) mass is 397 g/mol. The van der Waals surface area contributed by atoms with Crippen LogP contribution in [0.3, 0.4) is 0 Å². The lowest BCUT2D eigenvalue weighted by molar-refractivity contribution is 0.101. The minimum atomic E-state index is -3.58. The molecule has 1 aliphatic rings. The lowest BCUT2D eigenvalue weighted by atomic mass is 10.00. The first kappa shape index (κ1) is 18.4. The molecule has 26 heavy (non-hydrogen) atoms. The highest BCUT2D eigenvalue weighted by Gasteiger charge is 2.29. The number of Topliss-reactive ketones (excluding diaryl/α,β-unsaturated/α-hetero) is 1. The van der Waals surface area contributed by atoms with Crippen molar-refractivity contribution in [1.82, 2.24) is 9.78 Å². The third kappa shape index (κ3) is 2.97. The van der Waals surface area contributed by atoms with Gasteiger partial charge in [0.2, 0.25) is 5.88 Å². The van der Waals surface area contributed by atoms with E-state index in [2.05, 4.69) is 10.3 Å². The second-order valence-electron chi connectivity index (χ2n) is 5.92. The molecule has 3 rings (SSSR count). The Labute approximate surface area is 154 Å². The minimum absolute atomic E-state index is 0.0112. The van der Waals surface area contributed by atoms with Crippen LogP contribution >= 0.6 is 11.6 Å². The van der Waals surface area contributed by atoms with Crippen molar-refractivity contribution in [2.24, 2.45) is 12.2 Å². The van der Waals surface area contributed by atoms with Gasteiger partial charge < -0.3 is 9.94 Å². The molecular formula is C16H16ClN3O5S. The molecule has 1 aromatic heterocycles. The molecular weight excluding hydrogens is 382 g/mol. The van der Waals surface area contributed by atoms with Crippen LogP contribution < -0.4 is 0 Å². The molecule has 2 heterocycles. The van der Waals surface area contributed by atoms with Crippen molar-refractivity contribution in [3.05, 3.63) is 28.3 Å². The summed E-state index contributed by atoms with van der Waals surface area (Å²) in [4.78, 5) is 17.0. The van der Waals surface area contributed by atoms with E-state index in [1.54, 1.807) is 0 Å². The predicted molar refractivity (Wildman–Crippen MR) is 95.5 cm³/mol. The number of aromatic hydroxyl groups is 1. The Morgan fingerprint density at radius 3 is 2.62 bits per heavy atom. The van der Waals surface area contributed by atoms with E-state index in [0.29, 0.717) is 24.3 Å². The molecule has 0 saturated carbocycles. The van der Waals surface area contributed by atoms with E-state index in [-0.39, 0.29) is 32.6 Å². The van der Waals surface area contributed by atoms with Crippen LogP contribution in [0.4, 0.5) is 0 Å². The molecule has 0 bridgehead atoms. The Hall–Kier alpha value is -2.39. The van der Waals surface area contributed by atoms with Gasteiger partial charge in [-0.3, -0.25) is 4.79 Å². The number of hydrogen-bond acceptors (Lipinski definition) is 7. The Morgan fingerprint density at radius 2 is 2.08 bits per heavy atom. The van der Waals surface area contributed by atoms with Crippen LogP contribution in [-0.4, -0.2) is 47.7 Å².